The lowest BCUT2D eigenvalue weighted by Crippen LogP contribution is -2.58. The number of nitrogens with zero attached hydrogens (tertiary/aromatic N) is 1. The molecule has 0 bridgehead atoms. The number of guanidine groups is 1. The fourth-order valence-electron chi connectivity index (χ4n) is 2.67. The van der Waals surface area contributed by atoms with Gasteiger partial charge in [-0.2, -0.15) is 11.8 Å². The van der Waals surface area contributed by atoms with Gasteiger partial charge in [-0.15, -0.1) is 0 Å². The zero-order chi connectivity index (χ0) is 25.6. The number of carboxylic acid groups (broad SMARTS) is 1. The molecule has 0 aromatic rings. The lowest BCUT2D eigenvalue weighted by Gasteiger charge is -2.26. The van der Waals surface area contributed by atoms with Crippen LogP contribution in [0.2, 0.25) is 0 Å². The van der Waals surface area contributed by atoms with Crippen LogP contribution in [0.5, 0.6) is 0 Å². The number of aliphatic imine (C=N–C) groups is 1. The summed E-state index contributed by atoms with van der Waals surface area (Å²) in [4.78, 5) is 52.8. The number of rotatable bonds is 16. The highest BCUT2D eigenvalue weighted by molar-refractivity contribution is 7.98. The number of carbonyl (C=O) groups excluding carboxylic acids is 3. The van der Waals surface area contributed by atoms with Crippen molar-refractivity contribution in [3.8, 4) is 0 Å². The number of hydrogen-bond donors (Lipinski definition) is 8. The second-order valence-electron chi connectivity index (χ2n) is 7.71. The van der Waals surface area contributed by atoms with Crippen molar-refractivity contribution < 1.29 is 29.4 Å². The Balaban J connectivity index is 5.19. The van der Waals surface area contributed by atoms with E-state index in [-0.39, 0.29) is 5.96 Å². The first-order chi connectivity index (χ1) is 15.4. The van der Waals surface area contributed by atoms with Crippen LogP contribution in [0.3, 0.4) is 0 Å². The quantitative estimate of drug-likeness (QED) is 0.0632. The molecule has 0 heterocycles. The monoisotopic (exact) mass is 491 g/mol. The van der Waals surface area contributed by atoms with Gasteiger partial charge in [0.2, 0.25) is 17.7 Å². The topological polar surface area (TPSA) is 235 Å². The normalized spacial score (nSPS) is 14.5. The van der Waals surface area contributed by atoms with Crippen molar-refractivity contribution in [1.29, 1.82) is 0 Å². The van der Waals surface area contributed by atoms with E-state index in [2.05, 4.69) is 20.9 Å². The maximum Gasteiger partial charge on any atom is 0.328 e. The van der Waals surface area contributed by atoms with Gasteiger partial charge < -0.3 is 43.4 Å². The maximum absolute atomic E-state index is 12.9. The Labute approximate surface area is 197 Å². The van der Waals surface area contributed by atoms with Crippen molar-refractivity contribution in [2.75, 3.05) is 25.2 Å². The molecule has 11 N–H and O–H groups in total. The Hall–Kier alpha value is -2.58. The molecule has 33 heavy (non-hydrogen) atoms. The minimum atomic E-state index is -1.50. The standard InChI is InChI=1S/C19H37N7O6S/c1-10(2)14(17(30)25-13(9-27)18(31)32)26-16(29)12(6-8-33-3)24-15(28)11(20)5-4-7-23-19(21)22/h10-14,27H,4-9,20H2,1-3H3,(H,24,28)(H,25,30)(H,26,29)(H,31,32)(H4,21,22,23). The molecule has 4 atom stereocenters. The number of nitrogens with one attached hydrogen (secondary N) is 3. The molecule has 3 amide bonds. The van der Waals surface area contributed by atoms with Crippen LogP contribution in [0.1, 0.15) is 33.1 Å². The molecule has 14 heteroatoms. The van der Waals surface area contributed by atoms with E-state index in [9.17, 15) is 19.2 Å². The van der Waals surface area contributed by atoms with Gasteiger partial charge >= 0.3 is 5.97 Å². The minimum Gasteiger partial charge on any atom is -0.480 e. The summed E-state index contributed by atoms with van der Waals surface area (Å²) in [5.41, 5.74) is 16.4. The average Bonchev–Trinajstić information content (AvgIpc) is 2.74. The number of aliphatic carboxylic acids is 1. The zero-order valence-electron chi connectivity index (χ0n) is 19.2. The summed E-state index contributed by atoms with van der Waals surface area (Å²) >= 11 is 1.48. The highest BCUT2D eigenvalue weighted by Crippen LogP contribution is 2.07. The Morgan fingerprint density at radius 3 is 2.06 bits per heavy atom. The Morgan fingerprint density at radius 1 is 0.970 bits per heavy atom. The molecule has 0 aliphatic heterocycles. The van der Waals surface area contributed by atoms with Crippen LogP contribution < -0.4 is 33.2 Å². The molecule has 0 fully saturated rings. The van der Waals surface area contributed by atoms with Crippen molar-refractivity contribution in [2.24, 2.45) is 28.1 Å². The van der Waals surface area contributed by atoms with Crippen LogP contribution in [-0.2, 0) is 19.2 Å². The predicted molar refractivity (Wildman–Crippen MR) is 126 cm³/mol. The fourth-order valence-corrected chi connectivity index (χ4v) is 3.14. The van der Waals surface area contributed by atoms with Gasteiger partial charge in [0, 0.05) is 6.54 Å². The van der Waals surface area contributed by atoms with Crippen LogP contribution in [0.4, 0.5) is 0 Å². The van der Waals surface area contributed by atoms with Gasteiger partial charge in [0.25, 0.3) is 0 Å². The number of hydrogen-bond acceptors (Lipinski definition) is 8. The second kappa shape index (κ2) is 16.1. The van der Waals surface area contributed by atoms with E-state index >= 15 is 0 Å². The summed E-state index contributed by atoms with van der Waals surface area (Å²) in [7, 11) is 0. The summed E-state index contributed by atoms with van der Waals surface area (Å²) in [5, 5.41) is 25.5. The smallest absolute Gasteiger partial charge is 0.328 e. The first-order valence-corrected chi connectivity index (χ1v) is 11.9. The van der Waals surface area contributed by atoms with Crippen LogP contribution in [0, 0.1) is 5.92 Å². The number of amides is 3. The van der Waals surface area contributed by atoms with E-state index in [1.54, 1.807) is 13.8 Å². The molecule has 0 saturated carbocycles. The molecule has 0 saturated heterocycles. The molecule has 0 spiro atoms. The second-order valence-corrected chi connectivity index (χ2v) is 8.70. The van der Waals surface area contributed by atoms with Gasteiger partial charge in [-0.3, -0.25) is 19.4 Å². The molecule has 0 aromatic carbocycles. The van der Waals surface area contributed by atoms with E-state index in [1.807, 2.05) is 6.26 Å². The lowest BCUT2D eigenvalue weighted by molar-refractivity contribution is -0.143. The Bertz CT molecular complexity index is 688. The number of carbonyl (C=O) groups is 4. The molecular formula is C19H37N7O6S. The summed E-state index contributed by atoms with van der Waals surface area (Å²) in [6.07, 6.45) is 2.91. The zero-order valence-corrected chi connectivity index (χ0v) is 20.1. The van der Waals surface area contributed by atoms with Crippen LogP contribution >= 0.6 is 11.8 Å². The van der Waals surface area contributed by atoms with Gasteiger partial charge in [-0.05, 0) is 37.2 Å². The molecular weight excluding hydrogens is 454 g/mol. The number of nitrogens with two attached hydrogens (primary N) is 3. The fraction of sp³-hybridized carbons (Fsp3) is 0.737. The van der Waals surface area contributed by atoms with Gasteiger partial charge in [0.1, 0.15) is 18.1 Å². The maximum atomic E-state index is 12.9. The van der Waals surface area contributed by atoms with Crippen LogP contribution in [-0.4, -0.2) is 89.2 Å². The van der Waals surface area contributed by atoms with Gasteiger partial charge in [-0.25, -0.2) is 4.79 Å². The summed E-state index contributed by atoms with van der Waals surface area (Å²) < 4.78 is 0. The molecule has 0 aliphatic rings. The van der Waals surface area contributed by atoms with Crippen molar-refractivity contribution >= 4 is 41.4 Å². The first kappa shape index (κ1) is 30.4. The molecule has 0 rings (SSSR count). The van der Waals surface area contributed by atoms with Crippen LogP contribution in [0.25, 0.3) is 0 Å². The summed E-state index contributed by atoms with van der Waals surface area (Å²) in [6.45, 7) is 2.85. The van der Waals surface area contributed by atoms with Crippen molar-refractivity contribution in [3.05, 3.63) is 0 Å². The molecule has 0 aliphatic carbocycles. The third-order valence-corrected chi connectivity index (χ3v) is 5.24. The summed E-state index contributed by atoms with van der Waals surface area (Å²) in [6, 6.07) is -4.41. The molecule has 0 radical (unpaired) electrons. The summed E-state index contributed by atoms with van der Waals surface area (Å²) in [5.74, 6) is -3.18. The van der Waals surface area contributed by atoms with E-state index < -0.39 is 60.4 Å². The van der Waals surface area contributed by atoms with Crippen molar-refractivity contribution in [3.63, 3.8) is 0 Å². The lowest BCUT2D eigenvalue weighted by atomic mass is 10.0. The Kier molecular flexibility index (Phi) is 14.8. The molecule has 0 aromatic heterocycles. The SMILES string of the molecule is CSCCC(NC(=O)C(N)CCCN=C(N)N)C(=O)NC(C(=O)NC(CO)C(=O)O)C(C)C. The van der Waals surface area contributed by atoms with E-state index in [1.165, 1.54) is 11.8 Å². The highest BCUT2D eigenvalue weighted by atomic mass is 32.2. The third kappa shape index (κ3) is 12.3. The number of aliphatic hydroxyl groups is 1. The molecule has 190 valence electrons. The van der Waals surface area contributed by atoms with Gasteiger partial charge in [0.05, 0.1) is 12.6 Å². The van der Waals surface area contributed by atoms with Crippen molar-refractivity contribution in [1.82, 2.24) is 16.0 Å². The number of aliphatic hydroxyl groups excluding tert-OH is 1. The van der Waals surface area contributed by atoms with E-state index in [4.69, 9.17) is 27.4 Å². The first-order valence-electron chi connectivity index (χ1n) is 10.5. The van der Waals surface area contributed by atoms with Gasteiger partial charge in [0.15, 0.2) is 5.96 Å². The molecule has 4 unspecified atom stereocenters. The predicted octanol–water partition coefficient (Wildman–Crippen LogP) is -2.69. The molecule has 13 nitrogen and oxygen atoms in total. The van der Waals surface area contributed by atoms with Gasteiger partial charge in [-0.1, -0.05) is 13.8 Å². The van der Waals surface area contributed by atoms with E-state index in [0.717, 1.165) is 0 Å². The third-order valence-electron chi connectivity index (χ3n) is 4.59. The van der Waals surface area contributed by atoms with E-state index in [0.29, 0.717) is 31.6 Å². The average molecular weight is 492 g/mol. The number of thioether (sulfide) groups is 1. The highest BCUT2D eigenvalue weighted by Gasteiger charge is 2.31. The Morgan fingerprint density at radius 2 is 1.58 bits per heavy atom. The minimum absolute atomic E-state index is 0.0563. The largest absolute Gasteiger partial charge is 0.480 e. The number of carboxylic acids is 1. The van der Waals surface area contributed by atoms with Crippen molar-refractivity contribution in [2.45, 2.75) is 57.3 Å². The van der Waals surface area contributed by atoms with Crippen LogP contribution in [0.15, 0.2) is 4.99 Å².